The van der Waals surface area contributed by atoms with Crippen LogP contribution < -0.4 is 4.74 Å². The van der Waals surface area contributed by atoms with Gasteiger partial charge in [-0.05, 0) is 47.3 Å². The van der Waals surface area contributed by atoms with Crippen molar-refractivity contribution in [2.75, 3.05) is 6.61 Å². The third kappa shape index (κ3) is 3.92. The van der Waals surface area contributed by atoms with Gasteiger partial charge in [-0.2, -0.15) is 0 Å². The predicted octanol–water partition coefficient (Wildman–Crippen LogP) is 5.17. The van der Waals surface area contributed by atoms with E-state index in [4.69, 9.17) is 17.0 Å². The van der Waals surface area contributed by atoms with Crippen molar-refractivity contribution in [2.45, 2.75) is 27.2 Å². The highest BCUT2D eigenvalue weighted by molar-refractivity contribution is 9.10. The Morgan fingerprint density at radius 1 is 1.33 bits per heavy atom. The van der Waals surface area contributed by atoms with Gasteiger partial charge >= 0.3 is 0 Å². The Balaban J connectivity index is 2.54. The Kier molecular flexibility index (Phi) is 5.53. The number of hydrogen-bond acceptors (Lipinski definition) is 3. The highest BCUT2D eigenvalue weighted by Crippen LogP contribution is 2.29. The van der Waals surface area contributed by atoms with E-state index < -0.39 is 0 Å². The first-order chi connectivity index (χ1) is 10.0. The van der Waals surface area contributed by atoms with Crippen molar-refractivity contribution in [3.63, 3.8) is 0 Å². The lowest BCUT2D eigenvalue weighted by Gasteiger charge is -2.13. The standard InChI is InChI=1S/C16H19BrN2OS/c1-4-20-13-8-6-5-7-11(13)15-18-12(9-10(2)3)14(17)16(21)19-15/h5-8,10H,4,9H2,1-3H3,(H,18,19,21). The van der Waals surface area contributed by atoms with Gasteiger partial charge in [0.05, 0.1) is 16.6 Å². The molecule has 0 aliphatic heterocycles. The molecule has 0 aliphatic rings. The lowest BCUT2D eigenvalue weighted by Crippen LogP contribution is -2.03. The van der Waals surface area contributed by atoms with Gasteiger partial charge in [0.15, 0.2) is 0 Å². The van der Waals surface area contributed by atoms with E-state index in [0.29, 0.717) is 17.2 Å². The molecule has 3 nitrogen and oxygen atoms in total. The lowest BCUT2D eigenvalue weighted by molar-refractivity contribution is 0.341. The summed E-state index contributed by atoms with van der Waals surface area (Å²) in [5.74, 6) is 2.10. The summed E-state index contributed by atoms with van der Waals surface area (Å²) in [5.41, 5.74) is 2.01. The average molecular weight is 367 g/mol. The van der Waals surface area contributed by atoms with Gasteiger partial charge in [0, 0.05) is 5.69 Å². The summed E-state index contributed by atoms with van der Waals surface area (Å²) in [6.07, 6.45) is 0.913. The summed E-state index contributed by atoms with van der Waals surface area (Å²) in [6, 6.07) is 7.87. The molecule has 21 heavy (non-hydrogen) atoms. The summed E-state index contributed by atoms with van der Waals surface area (Å²) >= 11 is 8.91. The van der Waals surface area contributed by atoms with Gasteiger partial charge in [0.25, 0.3) is 0 Å². The Hall–Kier alpha value is -1.20. The number of aromatic nitrogens is 2. The van der Waals surface area contributed by atoms with Crippen LogP contribution in [0.3, 0.4) is 0 Å². The normalized spacial score (nSPS) is 10.9. The summed E-state index contributed by atoms with van der Waals surface area (Å²) in [5, 5.41) is 0. The molecular weight excluding hydrogens is 348 g/mol. The lowest BCUT2D eigenvalue weighted by atomic mass is 10.1. The number of benzene rings is 1. The van der Waals surface area contributed by atoms with Crippen LogP contribution in [-0.4, -0.2) is 16.6 Å². The largest absolute Gasteiger partial charge is 0.493 e. The summed E-state index contributed by atoms with van der Waals surface area (Å²) < 4.78 is 7.13. The van der Waals surface area contributed by atoms with Crippen LogP contribution in [0.5, 0.6) is 5.75 Å². The minimum atomic E-state index is 0.532. The number of nitrogens with one attached hydrogen (secondary N) is 1. The van der Waals surface area contributed by atoms with Crippen LogP contribution in [0.2, 0.25) is 0 Å². The molecular formula is C16H19BrN2OS. The minimum Gasteiger partial charge on any atom is -0.493 e. The fourth-order valence-corrected chi connectivity index (χ4v) is 2.69. The zero-order valence-corrected chi connectivity index (χ0v) is 14.8. The second-order valence-electron chi connectivity index (χ2n) is 5.21. The fourth-order valence-electron chi connectivity index (χ4n) is 2.13. The molecule has 0 aliphatic carbocycles. The van der Waals surface area contributed by atoms with E-state index in [2.05, 4.69) is 39.7 Å². The number of ether oxygens (including phenoxy) is 1. The number of H-pyrrole nitrogens is 1. The van der Waals surface area contributed by atoms with Crippen LogP contribution in [0.1, 0.15) is 26.5 Å². The molecule has 112 valence electrons. The maximum absolute atomic E-state index is 5.68. The smallest absolute Gasteiger partial charge is 0.144 e. The summed E-state index contributed by atoms with van der Waals surface area (Å²) in [6.45, 7) is 6.94. The zero-order chi connectivity index (χ0) is 15.4. The van der Waals surface area contributed by atoms with E-state index >= 15 is 0 Å². The molecule has 0 amide bonds. The molecule has 0 saturated heterocycles. The van der Waals surface area contributed by atoms with E-state index in [1.54, 1.807) is 0 Å². The second kappa shape index (κ2) is 7.18. The van der Waals surface area contributed by atoms with Gasteiger partial charge in [0.1, 0.15) is 16.2 Å². The third-order valence-corrected chi connectivity index (χ3v) is 4.40. The van der Waals surface area contributed by atoms with Crippen molar-refractivity contribution in [1.82, 2.24) is 9.97 Å². The fraction of sp³-hybridized carbons (Fsp3) is 0.375. The van der Waals surface area contributed by atoms with Crippen LogP contribution in [0.25, 0.3) is 11.4 Å². The van der Waals surface area contributed by atoms with Crippen LogP contribution >= 0.6 is 28.1 Å². The van der Waals surface area contributed by atoms with Crippen molar-refractivity contribution >= 4 is 28.1 Å². The number of aromatic amines is 1. The number of hydrogen-bond donors (Lipinski definition) is 1. The Labute approximate surface area is 138 Å². The van der Waals surface area contributed by atoms with Crippen LogP contribution in [-0.2, 0) is 6.42 Å². The van der Waals surface area contributed by atoms with Gasteiger partial charge in [-0.1, -0.05) is 38.2 Å². The minimum absolute atomic E-state index is 0.532. The average Bonchev–Trinajstić information content (AvgIpc) is 2.44. The third-order valence-electron chi connectivity index (χ3n) is 2.99. The van der Waals surface area contributed by atoms with Crippen LogP contribution in [0.4, 0.5) is 0 Å². The van der Waals surface area contributed by atoms with Gasteiger partial charge < -0.3 is 9.72 Å². The molecule has 0 spiro atoms. The first-order valence-corrected chi connectivity index (χ1v) is 8.24. The SMILES string of the molecule is CCOc1ccccc1-c1nc(=S)c(Br)c(CC(C)C)[nH]1. The Bertz CT molecular complexity index is 682. The number of rotatable bonds is 5. The second-order valence-corrected chi connectivity index (χ2v) is 6.39. The van der Waals surface area contributed by atoms with Crippen molar-refractivity contribution in [1.29, 1.82) is 0 Å². The molecule has 2 rings (SSSR count). The van der Waals surface area contributed by atoms with E-state index in [1.165, 1.54) is 0 Å². The quantitative estimate of drug-likeness (QED) is 0.742. The highest BCUT2D eigenvalue weighted by Gasteiger charge is 2.12. The number of halogens is 1. The van der Waals surface area contributed by atoms with Crippen molar-refractivity contribution < 1.29 is 4.74 Å². The number of nitrogens with zero attached hydrogens (tertiary/aromatic N) is 1. The van der Waals surface area contributed by atoms with Crippen LogP contribution in [0.15, 0.2) is 28.7 Å². The number of para-hydroxylation sites is 1. The molecule has 0 fully saturated rings. The zero-order valence-electron chi connectivity index (χ0n) is 12.4. The molecule has 1 aromatic carbocycles. The molecule has 2 aromatic rings. The molecule has 0 radical (unpaired) electrons. The van der Waals surface area contributed by atoms with Gasteiger partial charge in [0.2, 0.25) is 0 Å². The predicted molar refractivity (Wildman–Crippen MR) is 92.3 cm³/mol. The van der Waals surface area contributed by atoms with Crippen molar-refractivity contribution in [3.05, 3.63) is 39.1 Å². The molecule has 0 atom stereocenters. The Morgan fingerprint density at radius 3 is 2.71 bits per heavy atom. The topological polar surface area (TPSA) is 37.9 Å². The van der Waals surface area contributed by atoms with Crippen molar-refractivity contribution in [2.24, 2.45) is 5.92 Å². The summed E-state index contributed by atoms with van der Waals surface area (Å²) in [7, 11) is 0. The molecule has 1 heterocycles. The van der Waals surface area contributed by atoms with E-state index in [0.717, 1.165) is 33.7 Å². The highest BCUT2D eigenvalue weighted by atomic mass is 79.9. The van der Waals surface area contributed by atoms with E-state index in [9.17, 15) is 0 Å². The maximum Gasteiger partial charge on any atom is 0.144 e. The first kappa shape index (κ1) is 16.2. The monoisotopic (exact) mass is 366 g/mol. The molecule has 1 aromatic heterocycles. The molecule has 0 bridgehead atoms. The van der Waals surface area contributed by atoms with Gasteiger partial charge in [-0.3, -0.25) is 0 Å². The maximum atomic E-state index is 5.68. The van der Waals surface area contributed by atoms with Crippen LogP contribution in [0, 0.1) is 10.6 Å². The molecule has 1 N–H and O–H groups in total. The van der Waals surface area contributed by atoms with Crippen molar-refractivity contribution in [3.8, 4) is 17.1 Å². The van der Waals surface area contributed by atoms with E-state index in [1.807, 2.05) is 31.2 Å². The van der Waals surface area contributed by atoms with Gasteiger partial charge in [-0.15, -0.1) is 0 Å². The molecule has 5 heteroatoms. The van der Waals surface area contributed by atoms with E-state index in [-0.39, 0.29) is 0 Å². The molecule has 0 unspecified atom stereocenters. The first-order valence-electron chi connectivity index (χ1n) is 7.03. The molecule has 0 saturated carbocycles. The summed E-state index contributed by atoms with van der Waals surface area (Å²) in [4.78, 5) is 7.88. The van der Waals surface area contributed by atoms with Gasteiger partial charge in [-0.25, -0.2) is 4.98 Å². The Morgan fingerprint density at radius 2 is 2.05 bits per heavy atom.